The lowest BCUT2D eigenvalue weighted by Crippen LogP contribution is -2.16. The predicted octanol–water partition coefficient (Wildman–Crippen LogP) is 2.79. The molecule has 0 amide bonds. The summed E-state index contributed by atoms with van der Waals surface area (Å²) in [7, 11) is -4.13. The molecule has 4 N–H and O–H groups in total. The van der Waals surface area contributed by atoms with Crippen molar-refractivity contribution in [2.45, 2.75) is 4.90 Å². The molecule has 0 aromatic heterocycles. The van der Waals surface area contributed by atoms with E-state index in [1.165, 1.54) is 36.4 Å². The van der Waals surface area contributed by atoms with Crippen LogP contribution >= 0.6 is 0 Å². The molecule has 0 radical (unpaired) electrons. The van der Waals surface area contributed by atoms with Crippen molar-refractivity contribution in [3.63, 3.8) is 0 Å². The summed E-state index contributed by atoms with van der Waals surface area (Å²) in [6.07, 6.45) is 2.59. The van der Waals surface area contributed by atoms with Crippen LogP contribution in [0.3, 0.4) is 0 Å². The summed E-state index contributed by atoms with van der Waals surface area (Å²) in [4.78, 5) is 12.3. The number of rotatable bonds is 4. The minimum absolute atomic E-state index is 0.0366. The van der Waals surface area contributed by atoms with Gasteiger partial charge in [0.2, 0.25) is 10.0 Å². The van der Waals surface area contributed by atoms with Crippen molar-refractivity contribution < 1.29 is 23.4 Å². The number of carbonyl (C=O) groups is 1. The molecule has 3 aromatic carbocycles. The van der Waals surface area contributed by atoms with Crippen LogP contribution in [0.2, 0.25) is 0 Å². The van der Waals surface area contributed by atoms with E-state index in [1.54, 1.807) is 30.3 Å². The van der Waals surface area contributed by atoms with Gasteiger partial charge in [-0.1, -0.05) is 42.5 Å². The van der Waals surface area contributed by atoms with Gasteiger partial charge in [0.25, 0.3) is 0 Å². The summed E-state index contributed by atoms with van der Waals surface area (Å²) in [6, 6.07) is 13.9. The Morgan fingerprint density at radius 3 is 2.38 bits per heavy atom. The first-order valence-electron chi connectivity index (χ1n) is 7.56. The Labute approximate surface area is 149 Å². The fourth-order valence-corrected chi connectivity index (χ4v) is 3.62. The maximum atomic E-state index is 12.6. The molecule has 0 aliphatic rings. The molecule has 0 aliphatic carbocycles. The van der Waals surface area contributed by atoms with E-state index in [9.17, 15) is 23.4 Å². The second-order valence-corrected chi connectivity index (χ2v) is 7.15. The van der Waals surface area contributed by atoms with Crippen molar-refractivity contribution in [2.24, 2.45) is 5.14 Å². The predicted molar refractivity (Wildman–Crippen MR) is 98.5 cm³/mol. The smallest absolute Gasteiger partial charge is 0.239 e. The van der Waals surface area contributed by atoms with Gasteiger partial charge < -0.3 is 10.2 Å². The highest BCUT2D eigenvalue weighted by Crippen LogP contribution is 2.28. The fraction of sp³-hybridized carbons (Fsp3) is 0. The Bertz CT molecular complexity index is 1150. The molecule has 132 valence electrons. The summed E-state index contributed by atoms with van der Waals surface area (Å²) in [5.41, 5.74) is 0.428. The Balaban J connectivity index is 2.08. The Morgan fingerprint density at radius 2 is 1.69 bits per heavy atom. The summed E-state index contributed by atoms with van der Waals surface area (Å²) in [6.45, 7) is 0. The molecule has 0 heterocycles. The summed E-state index contributed by atoms with van der Waals surface area (Å²) in [5.74, 6) is -1.15. The molecule has 0 atom stereocenters. The first-order chi connectivity index (χ1) is 12.3. The molecule has 0 unspecified atom stereocenters. The molecule has 0 spiro atoms. The minimum Gasteiger partial charge on any atom is -0.504 e. The van der Waals surface area contributed by atoms with Gasteiger partial charge in [-0.15, -0.1) is 0 Å². The Kier molecular flexibility index (Phi) is 4.50. The zero-order valence-electron chi connectivity index (χ0n) is 13.5. The van der Waals surface area contributed by atoms with Crippen LogP contribution in [0, 0.1) is 0 Å². The number of benzene rings is 3. The molecule has 0 saturated heterocycles. The number of nitrogens with two attached hydrogens (primary N) is 1. The number of carbonyl (C=O) groups excluding carboxylic acids is 1. The lowest BCUT2D eigenvalue weighted by molar-refractivity contribution is 0.104. The largest absolute Gasteiger partial charge is 0.504 e. The van der Waals surface area contributed by atoms with Crippen LogP contribution in [-0.2, 0) is 10.0 Å². The molecule has 7 heteroatoms. The monoisotopic (exact) mass is 369 g/mol. The van der Waals surface area contributed by atoms with E-state index in [0.29, 0.717) is 16.3 Å². The highest BCUT2D eigenvalue weighted by atomic mass is 32.2. The van der Waals surface area contributed by atoms with E-state index >= 15 is 0 Å². The van der Waals surface area contributed by atoms with Crippen molar-refractivity contribution in [2.75, 3.05) is 0 Å². The molecular weight excluding hydrogens is 354 g/mol. The highest BCUT2D eigenvalue weighted by molar-refractivity contribution is 7.89. The van der Waals surface area contributed by atoms with E-state index < -0.39 is 15.8 Å². The Hall–Kier alpha value is -3.16. The number of ketones is 1. The third-order valence-corrected chi connectivity index (χ3v) is 4.87. The van der Waals surface area contributed by atoms with Gasteiger partial charge in [0.05, 0.1) is 0 Å². The summed E-state index contributed by atoms with van der Waals surface area (Å²) >= 11 is 0. The first kappa shape index (κ1) is 17.7. The maximum absolute atomic E-state index is 12.6. The zero-order valence-corrected chi connectivity index (χ0v) is 14.3. The topological polar surface area (TPSA) is 118 Å². The standard InChI is InChI=1S/C19H15NO5S/c20-26(24,25)19-14-4-2-1-3-13(14)7-8-15(19)16(21)9-5-12-6-10-17(22)18(23)11-12/h1-11,22-23H,(H2,20,24,25)/b9-5+. The number of hydrogen-bond donors (Lipinski definition) is 3. The SMILES string of the molecule is NS(=O)(=O)c1c(C(=O)/C=C/c2ccc(O)c(O)c2)ccc2ccccc12. The number of hydrogen-bond acceptors (Lipinski definition) is 5. The second-order valence-electron chi connectivity index (χ2n) is 5.65. The highest BCUT2D eigenvalue weighted by Gasteiger charge is 2.21. The number of fused-ring (bicyclic) bond motifs is 1. The lowest BCUT2D eigenvalue weighted by Gasteiger charge is -2.09. The van der Waals surface area contributed by atoms with Gasteiger partial charge in [0, 0.05) is 10.9 Å². The third kappa shape index (κ3) is 3.44. The van der Waals surface area contributed by atoms with E-state index in [1.807, 2.05) is 0 Å². The van der Waals surface area contributed by atoms with Gasteiger partial charge in [0.1, 0.15) is 4.90 Å². The third-order valence-electron chi connectivity index (χ3n) is 3.86. The van der Waals surface area contributed by atoms with Crippen molar-refractivity contribution in [1.82, 2.24) is 0 Å². The minimum atomic E-state index is -4.13. The van der Waals surface area contributed by atoms with E-state index in [0.717, 1.165) is 0 Å². The molecule has 3 rings (SSSR count). The molecule has 26 heavy (non-hydrogen) atoms. The quantitative estimate of drug-likeness (QED) is 0.371. The molecule has 0 saturated carbocycles. The normalized spacial score (nSPS) is 11.9. The molecule has 6 nitrogen and oxygen atoms in total. The molecule has 0 aliphatic heterocycles. The molecule has 3 aromatic rings. The van der Waals surface area contributed by atoms with Gasteiger partial charge in [-0.2, -0.15) is 0 Å². The van der Waals surface area contributed by atoms with E-state index in [-0.39, 0.29) is 22.0 Å². The number of phenolic OH excluding ortho intramolecular Hbond substituents is 2. The maximum Gasteiger partial charge on any atom is 0.239 e. The average molecular weight is 369 g/mol. The van der Waals surface area contributed by atoms with E-state index in [4.69, 9.17) is 5.14 Å². The number of allylic oxidation sites excluding steroid dienone is 1. The van der Waals surface area contributed by atoms with Crippen LogP contribution in [0.15, 0.2) is 65.6 Å². The second kappa shape index (κ2) is 6.62. The number of primary sulfonamides is 1. The van der Waals surface area contributed by atoms with Gasteiger partial charge >= 0.3 is 0 Å². The van der Waals surface area contributed by atoms with Gasteiger partial charge in [-0.3, -0.25) is 4.79 Å². The number of sulfonamides is 1. The van der Waals surface area contributed by atoms with Crippen LogP contribution in [0.1, 0.15) is 15.9 Å². The molecule has 0 bridgehead atoms. The van der Waals surface area contributed by atoms with Crippen molar-refractivity contribution >= 4 is 32.7 Å². The van der Waals surface area contributed by atoms with Crippen LogP contribution in [-0.4, -0.2) is 24.4 Å². The summed E-state index contributed by atoms with van der Waals surface area (Å²) in [5, 5.41) is 25.2. The Morgan fingerprint density at radius 1 is 0.962 bits per heavy atom. The summed E-state index contributed by atoms with van der Waals surface area (Å²) < 4.78 is 24.1. The van der Waals surface area contributed by atoms with Crippen LogP contribution < -0.4 is 5.14 Å². The first-order valence-corrected chi connectivity index (χ1v) is 9.11. The number of aromatic hydroxyl groups is 2. The molecule has 0 fully saturated rings. The fourth-order valence-electron chi connectivity index (χ4n) is 2.65. The van der Waals surface area contributed by atoms with Crippen molar-refractivity contribution in [3.05, 3.63) is 71.8 Å². The van der Waals surface area contributed by atoms with Gasteiger partial charge in [-0.25, -0.2) is 13.6 Å². The van der Waals surface area contributed by atoms with Crippen LogP contribution in [0.5, 0.6) is 11.5 Å². The van der Waals surface area contributed by atoms with E-state index in [2.05, 4.69) is 0 Å². The number of phenols is 2. The van der Waals surface area contributed by atoms with Gasteiger partial charge in [-0.05, 0) is 35.2 Å². The van der Waals surface area contributed by atoms with Gasteiger partial charge in [0.15, 0.2) is 17.3 Å². The van der Waals surface area contributed by atoms with Crippen LogP contribution in [0.4, 0.5) is 0 Å². The lowest BCUT2D eigenvalue weighted by atomic mass is 10.0. The zero-order chi connectivity index (χ0) is 18.9. The van der Waals surface area contributed by atoms with Crippen molar-refractivity contribution in [3.8, 4) is 11.5 Å². The molecular formula is C19H15NO5S. The average Bonchev–Trinajstić information content (AvgIpc) is 2.60. The van der Waals surface area contributed by atoms with Crippen LogP contribution in [0.25, 0.3) is 16.8 Å². The van der Waals surface area contributed by atoms with Crippen molar-refractivity contribution in [1.29, 1.82) is 0 Å².